The van der Waals surface area contributed by atoms with Crippen molar-refractivity contribution in [3.63, 3.8) is 0 Å². The van der Waals surface area contributed by atoms with Crippen LogP contribution in [0.2, 0.25) is 0 Å². The molecule has 4 rings (SSSR count). The topological polar surface area (TPSA) is 71.5 Å². The van der Waals surface area contributed by atoms with Gasteiger partial charge in [-0.2, -0.15) is 0 Å². The van der Waals surface area contributed by atoms with Gasteiger partial charge in [-0.05, 0) is 79.4 Å². The number of hydrogen-bond donors (Lipinski definition) is 1. The number of aromatic hydroxyl groups is 1. The average molecular weight is 455 g/mol. The van der Waals surface area contributed by atoms with Gasteiger partial charge in [0.05, 0.1) is 27.8 Å². The van der Waals surface area contributed by atoms with Crippen molar-refractivity contribution >= 4 is 5.91 Å². The van der Waals surface area contributed by atoms with Gasteiger partial charge in [0.25, 0.3) is 0 Å². The molecule has 0 saturated heterocycles. The maximum Gasteiger partial charge on any atom is 0.227 e. The second-order valence-corrected chi connectivity index (χ2v) is 9.02. The van der Waals surface area contributed by atoms with Crippen molar-refractivity contribution in [3.8, 4) is 23.0 Å². The summed E-state index contributed by atoms with van der Waals surface area (Å²) in [6.07, 6.45) is 3.09. The maximum atomic E-state index is 12.8. The maximum absolute atomic E-state index is 12.8. The molecule has 33 heavy (non-hydrogen) atoms. The SMILES string of the molecule is COc1cc2c(cc1O)CC(=O)N(CCCN(C)C[C@@H]1Cc3cc(OC)c(OC)cc31)CC2. The van der Waals surface area contributed by atoms with E-state index in [0.717, 1.165) is 61.5 Å². The molecule has 7 nitrogen and oxygen atoms in total. The van der Waals surface area contributed by atoms with Gasteiger partial charge < -0.3 is 29.1 Å². The Balaban J connectivity index is 1.27. The molecule has 1 amide bonds. The molecule has 0 aromatic heterocycles. The van der Waals surface area contributed by atoms with Crippen LogP contribution in [0.5, 0.6) is 23.0 Å². The largest absolute Gasteiger partial charge is 0.504 e. The summed E-state index contributed by atoms with van der Waals surface area (Å²) in [5.41, 5.74) is 4.66. The first-order chi connectivity index (χ1) is 15.9. The quantitative estimate of drug-likeness (QED) is 0.628. The summed E-state index contributed by atoms with van der Waals surface area (Å²) in [6, 6.07) is 7.72. The molecule has 0 fully saturated rings. The van der Waals surface area contributed by atoms with E-state index in [1.165, 1.54) is 11.1 Å². The Labute approximate surface area is 195 Å². The summed E-state index contributed by atoms with van der Waals surface area (Å²) >= 11 is 0. The van der Waals surface area contributed by atoms with E-state index in [9.17, 15) is 9.90 Å². The number of hydrogen-bond acceptors (Lipinski definition) is 6. The predicted molar refractivity (Wildman–Crippen MR) is 127 cm³/mol. The van der Waals surface area contributed by atoms with Crippen LogP contribution >= 0.6 is 0 Å². The van der Waals surface area contributed by atoms with Crippen molar-refractivity contribution in [2.24, 2.45) is 0 Å². The Hall–Kier alpha value is -2.93. The average Bonchev–Trinajstić information content (AvgIpc) is 2.94. The zero-order chi connectivity index (χ0) is 23.5. The Bertz CT molecular complexity index is 1020. The minimum Gasteiger partial charge on any atom is -0.504 e. The predicted octanol–water partition coefficient (Wildman–Crippen LogP) is 3.01. The lowest BCUT2D eigenvalue weighted by atomic mass is 9.77. The molecule has 2 aliphatic rings. The number of ether oxygens (including phenoxy) is 3. The van der Waals surface area contributed by atoms with Crippen molar-refractivity contribution < 1.29 is 24.1 Å². The molecule has 178 valence electrons. The van der Waals surface area contributed by atoms with Crippen LogP contribution in [0.3, 0.4) is 0 Å². The van der Waals surface area contributed by atoms with Crippen LogP contribution in [-0.2, 0) is 24.1 Å². The third-order valence-corrected chi connectivity index (χ3v) is 6.90. The van der Waals surface area contributed by atoms with Gasteiger partial charge in [0.2, 0.25) is 5.91 Å². The van der Waals surface area contributed by atoms with Crippen LogP contribution in [0.15, 0.2) is 24.3 Å². The second-order valence-electron chi connectivity index (χ2n) is 9.02. The molecule has 0 spiro atoms. The molecule has 0 saturated carbocycles. The zero-order valence-electron chi connectivity index (χ0n) is 20.0. The summed E-state index contributed by atoms with van der Waals surface area (Å²) in [6.45, 7) is 3.36. The first kappa shape index (κ1) is 23.2. The number of rotatable bonds is 9. The standard InChI is InChI=1S/C26H34N2O5/c1-27(16-20-10-19-13-24(32-3)25(33-4)15-21(19)20)7-5-8-28-9-6-17-12-23(31-2)22(29)11-18(17)14-26(28)30/h11-13,15,20,29H,5-10,14,16H2,1-4H3/t20-/m0/s1. The van der Waals surface area contributed by atoms with Crippen LogP contribution in [0.25, 0.3) is 0 Å². The van der Waals surface area contributed by atoms with E-state index in [2.05, 4.69) is 24.1 Å². The third-order valence-electron chi connectivity index (χ3n) is 6.90. The highest BCUT2D eigenvalue weighted by Crippen LogP contribution is 2.42. The number of phenolic OH excluding ortho intramolecular Hbond substituents is 1. The first-order valence-corrected chi connectivity index (χ1v) is 11.5. The fourth-order valence-electron chi connectivity index (χ4n) is 5.01. The van der Waals surface area contributed by atoms with E-state index in [4.69, 9.17) is 14.2 Å². The molecule has 0 unspecified atom stereocenters. The summed E-state index contributed by atoms with van der Waals surface area (Å²) in [4.78, 5) is 17.1. The van der Waals surface area contributed by atoms with Crippen molar-refractivity contribution in [2.45, 2.75) is 31.6 Å². The summed E-state index contributed by atoms with van der Waals surface area (Å²) < 4.78 is 16.1. The van der Waals surface area contributed by atoms with Crippen LogP contribution < -0.4 is 14.2 Å². The molecule has 1 heterocycles. The molecule has 0 radical (unpaired) electrons. The first-order valence-electron chi connectivity index (χ1n) is 11.5. The number of amides is 1. The monoisotopic (exact) mass is 454 g/mol. The van der Waals surface area contributed by atoms with E-state index in [1.54, 1.807) is 27.4 Å². The molecular formula is C26H34N2O5. The van der Waals surface area contributed by atoms with Gasteiger partial charge in [-0.25, -0.2) is 0 Å². The molecule has 1 aliphatic heterocycles. The summed E-state index contributed by atoms with van der Waals surface area (Å²) in [5.74, 6) is 2.76. The van der Waals surface area contributed by atoms with Gasteiger partial charge in [-0.3, -0.25) is 4.79 Å². The molecule has 2 aromatic rings. The smallest absolute Gasteiger partial charge is 0.227 e. The minimum atomic E-state index is 0.0905. The Morgan fingerprint density at radius 1 is 1.00 bits per heavy atom. The van der Waals surface area contributed by atoms with Gasteiger partial charge in [0.15, 0.2) is 23.0 Å². The number of benzene rings is 2. The number of likely N-dealkylation sites (N-methyl/N-ethyl adjacent to an activating group) is 1. The normalized spacial score (nSPS) is 17.2. The summed E-state index contributed by atoms with van der Waals surface area (Å²) in [7, 11) is 7.03. The molecule has 0 bridgehead atoms. The van der Waals surface area contributed by atoms with E-state index < -0.39 is 0 Å². The van der Waals surface area contributed by atoms with E-state index in [-0.39, 0.29) is 11.7 Å². The lowest BCUT2D eigenvalue weighted by Crippen LogP contribution is -2.36. The van der Waals surface area contributed by atoms with Crippen molar-refractivity contribution in [2.75, 3.05) is 54.6 Å². The van der Waals surface area contributed by atoms with Crippen LogP contribution in [-0.4, -0.2) is 75.4 Å². The van der Waals surface area contributed by atoms with Crippen molar-refractivity contribution in [1.29, 1.82) is 0 Å². The number of fused-ring (bicyclic) bond motifs is 2. The van der Waals surface area contributed by atoms with E-state index in [1.807, 2.05) is 11.0 Å². The fourth-order valence-corrected chi connectivity index (χ4v) is 5.01. The van der Waals surface area contributed by atoms with Crippen LogP contribution in [0.4, 0.5) is 0 Å². The highest BCUT2D eigenvalue weighted by molar-refractivity contribution is 5.80. The Kier molecular flexibility index (Phi) is 6.98. The van der Waals surface area contributed by atoms with Gasteiger partial charge in [-0.15, -0.1) is 0 Å². The number of carbonyl (C=O) groups is 1. The van der Waals surface area contributed by atoms with E-state index in [0.29, 0.717) is 24.6 Å². The van der Waals surface area contributed by atoms with Gasteiger partial charge in [-0.1, -0.05) is 0 Å². The molecule has 2 aromatic carbocycles. The number of carbonyl (C=O) groups excluding carboxylic acids is 1. The summed E-state index contributed by atoms with van der Waals surface area (Å²) in [5, 5.41) is 10.1. The molecule has 7 heteroatoms. The fraction of sp³-hybridized carbons (Fsp3) is 0.500. The Morgan fingerprint density at radius 3 is 2.42 bits per heavy atom. The second kappa shape index (κ2) is 9.91. The lowest BCUT2D eigenvalue weighted by molar-refractivity contribution is -0.130. The van der Waals surface area contributed by atoms with Gasteiger partial charge in [0, 0.05) is 25.6 Å². The van der Waals surface area contributed by atoms with Crippen LogP contribution in [0.1, 0.15) is 34.6 Å². The minimum absolute atomic E-state index is 0.0905. The van der Waals surface area contributed by atoms with E-state index >= 15 is 0 Å². The lowest BCUT2D eigenvalue weighted by Gasteiger charge is -2.34. The number of methoxy groups -OCH3 is 3. The third kappa shape index (κ3) is 4.88. The number of phenols is 1. The van der Waals surface area contributed by atoms with Crippen molar-refractivity contribution in [3.05, 3.63) is 46.5 Å². The van der Waals surface area contributed by atoms with Gasteiger partial charge >= 0.3 is 0 Å². The molecule has 1 N–H and O–H groups in total. The zero-order valence-corrected chi connectivity index (χ0v) is 20.0. The van der Waals surface area contributed by atoms with Crippen LogP contribution in [0, 0.1) is 0 Å². The number of nitrogens with zero attached hydrogens (tertiary/aromatic N) is 2. The highest BCUT2D eigenvalue weighted by atomic mass is 16.5. The highest BCUT2D eigenvalue weighted by Gasteiger charge is 2.29. The molecule has 1 aliphatic carbocycles. The van der Waals surface area contributed by atoms with Crippen molar-refractivity contribution in [1.82, 2.24) is 9.80 Å². The van der Waals surface area contributed by atoms with Gasteiger partial charge in [0.1, 0.15) is 0 Å². The Morgan fingerprint density at radius 2 is 1.70 bits per heavy atom. The molecular weight excluding hydrogens is 420 g/mol. The molecule has 1 atom stereocenters.